The SMILES string of the molecule is CNC1CCCCCC1CN1CCOC(CO)C1. The first-order valence-corrected chi connectivity index (χ1v) is 7.45. The third-order valence-corrected chi connectivity index (χ3v) is 4.45. The first-order chi connectivity index (χ1) is 8.83. The summed E-state index contributed by atoms with van der Waals surface area (Å²) in [6.07, 6.45) is 6.80. The van der Waals surface area contributed by atoms with Crippen molar-refractivity contribution >= 4 is 0 Å². The average Bonchev–Trinajstić information content (AvgIpc) is 2.64. The molecule has 3 unspecified atom stereocenters. The van der Waals surface area contributed by atoms with E-state index < -0.39 is 0 Å². The molecule has 1 saturated carbocycles. The molecule has 0 bridgehead atoms. The molecule has 4 heteroatoms. The molecule has 0 amide bonds. The van der Waals surface area contributed by atoms with Crippen molar-refractivity contribution in [3.63, 3.8) is 0 Å². The predicted octanol–water partition coefficient (Wildman–Crippen LogP) is 0.848. The van der Waals surface area contributed by atoms with Gasteiger partial charge in [0.05, 0.1) is 19.3 Å². The Kier molecular flexibility index (Phi) is 5.89. The molecule has 1 aliphatic heterocycles. The maximum absolute atomic E-state index is 9.19. The minimum absolute atomic E-state index is 0.0255. The van der Waals surface area contributed by atoms with E-state index in [4.69, 9.17) is 4.74 Å². The number of hydrogen-bond acceptors (Lipinski definition) is 4. The van der Waals surface area contributed by atoms with E-state index in [0.717, 1.165) is 32.2 Å². The second kappa shape index (κ2) is 7.43. The molecule has 1 heterocycles. The summed E-state index contributed by atoms with van der Waals surface area (Å²) in [5.41, 5.74) is 0. The second-order valence-electron chi connectivity index (χ2n) is 5.73. The highest BCUT2D eigenvalue weighted by molar-refractivity contribution is 4.82. The number of hydrogen-bond donors (Lipinski definition) is 2. The number of aliphatic hydroxyl groups is 1. The van der Waals surface area contributed by atoms with Crippen molar-refractivity contribution in [2.75, 3.05) is 39.9 Å². The van der Waals surface area contributed by atoms with Crippen LogP contribution in [0, 0.1) is 5.92 Å². The van der Waals surface area contributed by atoms with E-state index >= 15 is 0 Å². The van der Waals surface area contributed by atoms with Gasteiger partial charge in [0.2, 0.25) is 0 Å². The van der Waals surface area contributed by atoms with Crippen molar-refractivity contribution in [1.82, 2.24) is 10.2 Å². The maximum atomic E-state index is 9.19. The Bertz CT molecular complexity index is 238. The van der Waals surface area contributed by atoms with Crippen molar-refractivity contribution in [2.24, 2.45) is 5.92 Å². The lowest BCUT2D eigenvalue weighted by molar-refractivity contribution is -0.0574. The monoisotopic (exact) mass is 256 g/mol. The summed E-state index contributed by atoms with van der Waals surface area (Å²) in [4.78, 5) is 2.48. The molecule has 0 aromatic heterocycles. The van der Waals surface area contributed by atoms with E-state index in [1.54, 1.807) is 0 Å². The molecule has 106 valence electrons. The van der Waals surface area contributed by atoms with E-state index in [1.807, 2.05) is 0 Å². The van der Waals surface area contributed by atoms with Gasteiger partial charge < -0.3 is 15.2 Å². The quantitative estimate of drug-likeness (QED) is 0.732. The van der Waals surface area contributed by atoms with Gasteiger partial charge in [-0.05, 0) is 25.8 Å². The summed E-state index contributed by atoms with van der Waals surface area (Å²) in [6.45, 7) is 3.98. The Morgan fingerprint density at radius 1 is 1.28 bits per heavy atom. The van der Waals surface area contributed by atoms with Crippen molar-refractivity contribution in [3.8, 4) is 0 Å². The van der Waals surface area contributed by atoms with Crippen LogP contribution in [0.2, 0.25) is 0 Å². The molecule has 0 aromatic rings. The first kappa shape index (κ1) is 14.3. The zero-order chi connectivity index (χ0) is 12.8. The minimum atomic E-state index is 0.0255. The van der Waals surface area contributed by atoms with E-state index in [9.17, 15) is 5.11 Å². The van der Waals surface area contributed by atoms with Gasteiger partial charge in [0.1, 0.15) is 0 Å². The Hall–Kier alpha value is -0.160. The smallest absolute Gasteiger partial charge is 0.0932 e. The zero-order valence-electron chi connectivity index (χ0n) is 11.6. The number of morpholine rings is 1. The lowest BCUT2D eigenvalue weighted by Gasteiger charge is -2.36. The molecule has 0 aromatic carbocycles. The summed E-state index contributed by atoms with van der Waals surface area (Å²) in [7, 11) is 2.10. The molecular weight excluding hydrogens is 228 g/mol. The number of nitrogens with zero attached hydrogens (tertiary/aromatic N) is 1. The topological polar surface area (TPSA) is 44.7 Å². The molecule has 0 spiro atoms. The van der Waals surface area contributed by atoms with Gasteiger partial charge in [-0.1, -0.05) is 19.3 Å². The van der Waals surface area contributed by atoms with Gasteiger partial charge in [0, 0.05) is 25.7 Å². The van der Waals surface area contributed by atoms with Gasteiger partial charge in [-0.15, -0.1) is 0 Å². The highest BCUT2D eigenvalue weighted by Crippen LogP contribution is 2.24. The third-order valence-electron chi connectivity index (χ3n) is 4.45. The lowest BCUT2D eigenvalue weighted by atomic mass is 9.94. The van der Waals surface area contributed by atoms with Gasteiger partial charge in [0.15, 0.2) is 0 Å². The largest absolute Gasteiger partial charge is 0.394 e. The predicted molar refractivity (Wildman–Crippen MR) is 72.7 cm³/mol. The van der Waals surface area contributed by atoms with Gasteiger partial charge in [-0.3, -0.25) is 4.90 Å². The Morgan fingerprint density at radius 2 is 2.11 bits per heavy atom. The number of ether oxygens (including phenoxy) is 1. The van der Waals surface area contributed by atoms with Gasteiger partial charge >= 0.3 is 0 Å². The Balaban J connectivity index is 1.85. The molecule has 2 rings (SSSR count). The average molecular weight is 256 g/mol. The van der Waals surface area contributed by atoms with Crippen LogP contribution in [0.1, 0.15) is 32.1 Å². The molecule has 2 fully saturated rings. The molecule has 4 nitrogen and oxygen atoms in total. The zero-order valence-corrected chi connectivity index (χ0v) is 11.6. The van der Waals surface area contributed by atoms with E-state index in [1.165, 1.54) is 32.1 Å². The van der Waals surface area contributed by atoms with Crippen LogP contribution in [-0.2, 0) is 4.74 Å². The highest BCUT2D eigenvalue weighted by atomic mass is 16.5. The molecule has 2 aliphatic rings. The summed E-state index contributed by atoms with van der Waals surface area (Å²) < 4.78 is 5.52. The van der Waals surface area contributed by atoms with Crippen LogP contribution in [0.3, 0.4) is 0 Å². The lowest BCUT2D eigenvalue weighted by Crippen LogP contribution is -2.48. The van der Waals surface area contributed by atoms with Crippen molar-refractivity contribution in [2.45, 2.75) is 44.2 Å². The Morgan fingerprint density at radius 3 is 2.89 bits per heavy atom. The Labute approximate surface area is 111 Å². The second-order valence-corrected chi connectivity index (χ2v) is 5.73. The van der Waals surface area contributed by atoms with Crippen molar-refractivity contribution < 1.29 is 9.84 Å². The third kappa shape index (κ3) is 3.92. The molecular formula is C14H28N2O2. The van der Waals surface area contributed by atoms with Crippen LogP contribution >= 0.6 is 0 Å². The van der Waals surface area contributed by atoms with Crippen LogP contribution in [0.4, 0.5) is 0 Å². The number of rotatable bonds is 4. The normalized spacial score (nSPS) is 35.3. The fraction of sp³-hybridized carbons (Fsp3) is 1.00. The van der Waals surface area contributed by atoms with Gasteiger partial charge in [-0.2, -0.15) is 0 Å². The molecule has 0 radical (unpaired) electrons. The van der Waals surface area contributed by atoms with Gasteiger partial charge in [0.25, 0.3) is 0 Å². The summed E-state index contributed by atoms with van der Waals surface area (Å²) in [6, 6.07) is 0.669. The van der Waals surface area contributed by atoms with Crippen LogP contribution in [-0.4, -0.2) is 62.0 Å². The molecule has 1 saturated heterocycles. The van der Waals surface area contributed by atoms with Crippen molar-refractivity contribution in [3.05, 3.63) is 0 Å². The van der Waals surface area contributed by atoms with Crippen molar-refractivity contribution in [1.29, 1.82) is 0 Å². The van der Waals surface area contributed by atoms with Crippen LogP contribution in [0.15, 0.2) is 0 Å². The van der Waals surface area contributed by atoms with Crippen LogP contribution < -0.4 is 5.32 Å². The number of nitrogens with one attached hydrogen (secondary N) is 1. The van der Waals surface area contributed by atoms with Crippen LogP contribution in [0.25, 0.3) is 0 Å². The standard InChI is InChI=1S/C14H28N2O2/c1-15-14-6-4-2-3-5-12(14)9-16-7-8-18-13(10-16)11-17/h12-15,17H,2-11H2,1H3. The fourth-order valence-electron chi connectivity index (χ4n) is 3.37. The minimum Gasteiger partial charge on any atom is -0.394 e. The molecule has 18 heavy (non-hydrogen) atoms. The van der Waals surface area contributed by atoms with E-state index in [2.05, 4.69) is 17.3 Å². The molecule has 2 N–H and O–H groups in total. The maximum Gasteiger partial charge on any atom is 0.0932 e. The summed E-state index contributed by atoms with van der Waals surface area (Å²) >= 11 is 0. The first-order valence-electron chi connectivity index (χ1n) is 7.45. The van der Waals surface area contributed by atoms with Crippen LogP contribution in [0.5, 0.6) is 0 Å². The van der Waals surface area contributed by atoms with Gasteiger partial charge in [-0.25, -0.2) is 0 Å². The highest BCUT2D eigenvalue weighted by Gasteiger charge is 2.27. The molecule has 1 aliphatic carbocycles. The van der Waals surface area contributed by atoms with E-state index in [-0.39, 0.29) is 12.7 Å². The fourth-order valence-corrected chi connectivity index (χ4v) is 3.37. The summed E-state index contributed by atoms with van der Waals surface area (Å²) in [5, 5.41) is 12.7. The summed E-state index contributed by atoms with van der Waals surface area (Å²) in [5.74, 6) is 0.759. The molecule has 3 atom stereocenters. The number of aliphatic hydroxyl groups excluding tert-OH is 1. The van der Waals surface area contributed by atoms with E-state index in [0.29, 0.717) is 6.04 Å².